The molecule has 0 radical (unpaired) electrons. The number of nitroso groups, excluding NO2 is 1. The molecule has 5 nitrogen and oxygen atoms in total. The molecular formula is C27H39N3O2. The van der Waals surface area contributed by atoms with Gasteiger partial charge in [-0.15, -0.1) is 4.91 Å². The average molecular weight is 438 g/mol. The van der Waals surface area contributed by atoms with Crippen molar-refractivity contribution in [2.75, 3.05) is 45.9 Å². The van der Waals surface area contributed by atoms with Crippen LogP contribution in [0.25, 0.3) is 0 Å². The first-order valence-electron chi connectivity index (χ1n) is 12.8. The van der Waals surface area contributed by atoms with Crippen molar-refractivity contribution in [2.24, 2.45) is 22.4 Å². The van der Waals surface area contributed by atoms with E-state index in [9.17, 15) is 4.91 Å². The van der Waals surface area contributed by atoms with Crippen molar-refractivity contribution < 1.29 is 4.74 Å². The summed E-state index contributed by atoms with van der Waals surface area (Å²) in [5, 5.41) is 6.58. The summed E-state index contributed by atoms with van der Waals surface area (Å²) in [5.41, 5.74) is 5.29. The summed E-state index contributed by atoms with van der Waals surface area (Å²) in [4.78, 5) is 13.5. The molecule has 0 amide bonds. The largest absolute Gasteiger partial charge is 0.376 e. The highest BCUT2D eigenvalue weighted by Gasteiger charge is 2.47. The van der Waals surface area contributed by atoms with Crippen LogP contribution in [0.2, 0.25) is 0 Å². The second-order valence-electron chi connectivity index (χ2n) is 10.8. The lowest BCUT2D eigenvalue weighted by Crippen LogP contribution is -2.44. The number of nitrogens with one attached hydrogen (secondary N) is 1. The highest BCUT2D eigenvalue weighted by molar-refractivity contribution is 5.47. The van der Waals surface area contributed by atoms with Gasteiger partial charge < -0.3 is 10.1 Å². The molecule has 0 spiro atoms. The maximum Gasteiger partial charge on any atom is 0.108 e. The molecule has 1 aromatic rings. The zero-order chi connectivity index (χ0) is 22.0. The normalized spacial score (nSPS) is 32.8. The van der Waals surface area contributed by atoms with Crippen molar-refractivity contribution in [3.05, 3.63) is 45.9 Å². The molecule has 1 saturated carbocycles. The standard InChI is InChI=1S/C27H39N3O2/c1-27-10-9-24-23-8-6-22(29-31)17-21(23)5-7-25(24)26(27)4-2-3-20(18-27)19-32-16-15-30-13-11-28-12-14-30/h6,8,17-18,24-26,28H,2-5,7,9-16,19H2,1H3. The molecular weight excluding hydrogens is 398 g/mol. The Labute approximate surface area is 193 Å². The van der Waals surface area contributed by atoms with Crippen LogP contribution in [0.15, 0.2) is 35.0 Å². The minimum Gasteiger partial charge on any atom is -0.376 e. The maximum absolute atomic E-state index is 11.0. The van der Waals surface area contributed by atoms with Gasteiger partial charge in [-0.05, 0) is 102 Å². The molecule has 0 bridgehead atoms. The van der Waals surface area contributed by atoms with E-state index in [0.717, 1.165) is 64.2 Å². The minimum absolute atomic E-state index is 0.302. The number of hydrogen-bond acceptors (Lipinski definition) is 5. The Morgan fingerprint density at radius 1 is 1.19 bits per heavy atom. The van der Waals surface area contributed by atoms with Crippen LogP contribution >= 0.6 is 0 Å². The molecule has 4 aliphatic rings. The van der Waals surface area contributed by atoms with Crippen molar-refractivity contribution in [3.8, 4) is 0 Å². The molecule has 1 saturated heterocycles. The second-order valence-corrected chi connectivity index (χ2v) is 10.8. The van der Waals surface area contributed by atoms with Crippen LogP contribution in [0.5, 0.6) is 0 Å². The summed E-state index contributed by atoms with van der Waals surface area (Å²) < 4.78 is 6.17. The average Bonchev–Trinajstić information content (AvgIpc) is 3.00. The summed E-state index contributed by atoms with van der Waals surface area (Å²) in [6.07, 6.45) is 11.3. The van der Waals surface area contributed by atoms with Gasteiger partial charge in [-0.1, -0.05) is 19.1 Å². The fourth-order valence-electron chi connectivity index (χ4n) is 7.23. The summed E-state index contributed by atoms with van der Waals surface area (Å²) in [7, 11) is 0. The molecule has 1 aromatic carbocycles. The minimum atomic E-state index is 0.302. The summed E-state index contributed by atoms with van der Waals surface area (Å²) in [6.45, 7) is 9.73. The van der Waals surface area contributed by atoms with E-state index < -0.39 is 0 Å². The molecule has 1 N–H and O–H groups in total. The predicted molar refractivity (Wildman–Crippen MR) is 129 cm³/mol. The van der Waals surface area contributed by atoms with E-state index in [2.05, 4.69) is 34.5 Å². The van der Waals surface area contributed by atoms with Crippen LogP contribution in [0.1, 0.15) is 62.5 Å². The molecule has 4 unspecified atom stereocenters. The van der Waals surface area contributed by atoms with Crippen LogP contribution in [-0.4, -0.2) is 50.8 Å². The lowest BCUT2D eigenvalue weighted by atomic mass is 9.54. The van der Waals surface area contributed by atoms with E-state index in [1.54, 1.807) is 0 Å². The van der Waals surface area contributed by atoms with Crippen molar-refractivity contribution in [2.45, 2.75) is 57.8 Å². The third kappa shape index (κ3) is 4.57. The lowest BCUT2D eigenvalue weighted by molar-refractivity contribution is 0.0627. The quantitative estimate of drug-likeness (QED) is 0.379. The molecule has 5 rings (SSSR count). The number of aryl methyl sites for hydroxylation is 1. The van der Waals surface area contributed by atoms with Crippen LogP contribution in [-0.2, 0) is 11.2 Å². The molecule has 5 heteroatoms. The highest BCUT2D eigenvalue weighted by atomic mass is 16.5. The molecule has 32 heavy (non-hydrogen) atoms. The number of piperazine rings is 1. The zero-order valence-corrected chi connectivity index (χ0v) is 19.7. The fourth-order valence-corrected chi connectivity index (χ4v) is 7.23. The topological polar surface area (TPSA) is 53.9 Å². The summed E-state index contributed by atoms with van der Waals surface area (Å²) in [6, 6.07) is 6.16. The van der Waals surface area contributed by atoms with Gasteiger partial charge in [0.1, 0.15) is 5.69 Å². The van der Waals surface area contributed by atoms with E-state index in [4.69, 9.17) is 4.74 Å². The first-order chi connectivity index (χ1) is 15.7. The predicted octanol–water partition coefficient (Wildman–Crippen LogP) is 5.18. The van der Waals surface area contributed by atoms with E-state index in [-0.39, 0.29) is 0 Å². The van der Waals surface area contributed by atoms with E-state index >= 15 is 0 Å². The van der Waals surface area contributed by atoms with Gasteiger partial charge in [-0.2, -0.15) is 0 Å². The van der Waals surface area contributed by atoms with E-state index in [1.165, 1.54) is 55.2 Å². The molecule has 4 atom stereocenters. The van der Waals surface area contributed by atoms with Gasteiger partial charge in [0.05, 0.1) is 13.2 Å². The van der Waals surface area contributed by atoms with Gasteiger partial charge in [-0.3, -0.25) is 4.90 Å². The Hall–Kier alpha value is -1.56. The highest BCUT2D eigenvalue weighted by Crippen LogP contribution is 2.58. The van der Waals surface area contributed by atoms with Crippen LogP contribution in [0, 0.1) is 22.2 Å². The molecule has 1 aliphatic heterocycles. The Morgan fingerprint density at radius 3 is 2.91 bits per heavy atom. The fraction of sp³-hybridized carbons (Fsp3) is 0.704. The van der Waals surface area contributed by atoms with Crippen LogP contribution < -0.4 is 5.32 Å². The number of fused-ring (bicyclic) bond motifs is 5. The van der Waals surface area contributed by atoms with Crippen molar-refractivity contribution in [3.63, 3.8) is 0 Å². The molecule has 1 heterocycles. The van der Waals surface area contributed by atoms with Gasteiger partial charge in [0.15, 0.2) is 0 Å². The van der Waals surface area contributed by atoms with Gasteiger partial charge >= 0.3 is 0 Å². The first kappa shape index (κ1) is 22.2. The molecule has 2 fully saturated rings. The molecule has 3 aliphatic carbocycles. The number of nitrogens with zero attached hydrogens (tertiary/aromatic N) is 2. The number of allylic oxidation sites excluding steroid dienone is 1. The summed E-state index contributed by atoms with van der Waals surface area (Å²) >= 11 is 0. The third-order valence-corrected chi connectivity index (χ3v) is 8.85. The number of hydrogen-bond donors (Lipinski definition) is 1. The summed E-state index contributed by atoms with van der Waals surface area (Å²) in [5.74, 6) is 2.18. The number of ether oxygens (including phenoxy) is 1. The Balaban J connectivity index is 1.23. The smallest absolute Gasteiger partial charge is 0.108 e. The van der Waals surface area contributed by atoms with Gasteiger partial charge in [0.25, 0.3) is 0 Å². The number of rotatable bonds is 6. The maximum atomic E-state index is 11.0. The van der Waals surface area contributed by atoms with Gasteiger partial charge in [0, 0.05) is 32.7 Å². The lowest BCUT2D eigenvalue weighted by Gasteiger charge is -2.51. The Kier molecular flexibility index (Phi) is 6.77. The van der Waals surface area contributed by atoms with Gasteiger partial charge in [-0.25, -0.2) is 0 Å². The molecule has 174 valence electrons. The van der Waals surface area contributed by atoms with Gasteiger partial charge in [0.2, 0.25) is 0 Å². The van der Waals surface area contributed by atoms with Crippen molar-refractivity contribution in [1.29, 1.82) is 0 Å². The van der Waals surface area contributed by atoms with E-state index in [0.29, 0.717) is 17.0 Å². The second kappa shape index (κ2) is 9.74. The van der Waals surface area contributed by atoms with E-state index in [1.807, 2.05) is 12.1 Å². The van der Waals surface area contributed by atoms with Crippen molar-refractivity contribution in [1.82, 2.24) is 10.2 Å². The monoisotopic (exact) mass is 437 g/mol. The zero-order valence-electron chi connectivity index (χ0n) is 19.7. The number of benzene rings is 1. The van der Waals surface area contributed by atoms with Crippen LogP contribution in [0.3, 0.4) is 0 Å². The SMILES string of the molecule is CC12C=C(COCCN3CCNCC3)CCCC1C1CCc3cc(N=O)ccc3C1CC2. The van der Waals surface area contributed by atoms with Crippen molar-refractivity contribution >= 4 is 5.69 Å². The first-order valence-corrected chi connectivity index (χ1v) is 12.8. The van der Waals surface area contributed by atoms with Crippen LogP contribution in [0.4, 0.5) is 5.69 Å². The Morgan fingerprint density at radius 2 is 2.06 bits per heavy atom. The third-order valence-electron chi connectivity index (χ3n) is 8.85. The Bertz CT molecular complexity index is 847. The molecule has 0 aromatic heterocycles.